The van der Waals surface area contributed by atoms with E-state index in [1.165, 1.54) is 0 Å². The van der Waals surface area contributed by atoms with Crippen LogP contribution in [0.25, 0.3) is 0 Å². The second kappa shape index (κ2) is 3.67. The Kier molecular flexibility index (Phi) is 2.82. The highest BCUT2D eigenvalue weighted by atomic mass is 19.4. The normalized spacial score (nSPS) is 25.3. The van der Waals surface area contributed by atoms with Gasteiger partial charge in [-0.1, -0.05) is 0 Å². The third-order valence-electron chi connectivity index (χ3n) is 1.84. The number of imide groups is 1. The zero-order valence-corrected chi connectivity index (χ0v) is 7.91. The Balaban J connectivity index is 3.23. The van der Waals surface area contributed by atoms with Crippen LogP contribution in [0.15, 0.2) is 12.3 Å². The van der Waals surface area contributed by atoms with E-state index in [0.717, 1.165) is 7.11 Å². The van der Waals surface area contributed by atoms with Gasteiger partial charge in [0, 0.05) is 6.20 Å². The average Bonchev–Trinajstić information content (AvgIpc) is 2.15. The number of hydrogen-bond donors (Lipinski definition) is 2. The molecule has 90 valence electrons. The summed E-state index contributed by atoms with van der Waals surface area (Å²) < 4.78 is 41.5. The van der Waals surface area contributed by atoms with Crippen LogP contribution in [0.5, 0.6) is 0 Å². The van der Waals surface area contributed by atoms with E-state index in [-0.39, 0.29) is 6.08 Å². The Hall–Kier alpha value is -1.77. The third kappa shape index (κ3) is 1.69. The van der Waals surface area contributed by atoms with Crippen molar-refractivity contribution in [3.05, 3.63) is 12.3 Å². The second-order valence-electron chi connectivity index (χ2n) is 2.81. The van der Waals surface area contributed by atoms with Crippen LogP contribution >= 0.6 is 0 Å². The number of alkyl halides is 3. The molecule has 0 aromatic rings. The maximum absolute atomic E-state index is 12.5. The van der Waals surface area contributed by atoms with Crippen molar-refractivity contribution >= 4 is 12.1 Å². The van der Waals surface area contributed by atoms with Crippen LogP contribution in [0.1, 0.15) is 0 Å². The van der Waals surface area contributed by atoms with Gasteiger partial charge in [0.1, 0.15) is 0 Å². The van der Waals surface area contributed by atoms with Gasteiger partial charge in [-0.05, 0) is 6.08 Å². The van der Waals surface area contributed by atoms with Gasteiger partial charge in [-0.3, -0.25) is 0 Å². The number of carbonyl (C=O) groups excluding carboxylic acids is 2. The van der Waals surface area contributed by atoms with Gasteiger partial charge >= 0.3 is 18.3 Å². The Labute approximate surface area is 87.3 Å². The highest BCUT2D eigenvalue weighted by molar-refractivity contribution is 5.93. The zero-order valence-electron chi connectivity index (χ0n) is 7.91. The van der Waals surface area contributed by atoms with Gasteiger partial charge in [0.2, 0.25) is 0 Å². The van der Waals surface area contributed by atoms with E-state index in [1.807, 2.05) is 5.32 Å². The number of ether oxygens (including phenoxy) is 1. The maximum atomic E-state index is 12.5. The summed E-state index contributed by atoms with van der Waals surface area (Å²) >= 11 is 0. The van der Waals surface area contributed by atoms with E-state index in [4.69, 9.17) is 0 Å². The summed E-state index contributed by atoms with van der Waals surface area (Å²) in [4.78, 5) is 21.6. The Morgan fingerprint density at radius 3 is 2.62 bits per heavy atom. The first-order valence-corrected chi connectivity index (χ1v) is 3.89. The van der Waals surface area contributed by atoms with E-state index in [9.17, 15) is 27.9 Å². The molecule has 0 spiro atoms. The molecule has 1 rings (SSSR count). The number of nitrogens with zero attached hydrogens (tertiary/aromatic N) is 1. The molecule has 0 aliphatic carbocycles. The molecule has 1 unspecified atom stereocenters. The molecule has 6 nitrogen and oxygen atoms in total. The number of carbonyl (C=O) groups is 2. The number of rotatable bonds is 0. The molecule has 3 amide bonds. The molecular weight excluding hydrogens is 233 g/mol. The molecule has 0 fully saturated rings. The minimum Gasteiger partial charge on any atom is -0.452 e. The Bertz CT molecular complexity index is 354. The van der Waals surface area contributed by atoms with Crippen LogP contribution in [-0.4, -0.2) is 41.1 Å². The summed E-state index contributed by atoms with van der Waals surface area (Å²) in [5.41, 5.74) is -3.71. The van der Waals surface area contributed by atoms with Gasteiger partial charge in [0.05, 0.1) is 7.11 Å². The lowest BCUT2D eigenvalue weighted by atomic mass is 10.1. The lowest BCUT2D eigenvalue weighted by Crippen LogP contribution is -2.65. The summed E-state index contributed by atoms with van der Waals surface area (Å²) in [7, 11) is 0.782. The molecule has 1 atom stereocenters. The van der Waals surface area contributed by atoms with E-state index >= 15 is 0 Å². The molecule has 0 aromatic carbocycles. The first-order chi connectivity index (χ1) is 7.24. The fourth-order valence-electron chi connectivity index (χ4n) is 1.06. The Morgan fingerprint density at radius 1 is 1.62 bits per heavy atom. The smallest absolute Gasteiger partial charge is 0.441 e. The van der Waals surface area contributed by atoms with Crippen molar-refractivity contribution in [3.8, 4) is 0 Å². The molecule has 1 aliphatic heterocycles. The number of amides is 3. The van der Waals surface area contributed by atoms with Gasteiger partial charge < -0.3 is 15.2 Å². The fraction of sp³-hybridized carbons (Fsp3) is 0.429. The van der Waals surface area contributed by atoms with E-state index < -0.39 is 28.9 Å². The molecule has 16 heavy (non-hydrogen) atoms. The summed E-state index contributed by atoms with van der Waals surface area (Å²) in [6, 6.07) is -1.44. The number of methoxy groups -OCH3 is 1. The molecule has 0 radical (unpaired) electrons. The molecule has 0 saturated carbocycles. The molecule has 0 saturated heterocycles. The van der Waals surface area contributed by atoms with Crippen LogP contribution in [-0.2, 0) is 4.74 Å². The Morgan fingerprint density at radius 2 is 2.19 bits per heavy atom. The predicted octanol–water partition coefficient (Wildman–Crippen LogP) is 0.543. The molecular formula is C7H7F3N2O4. The van der Waals surface area contributed by atoms with Gasteiger partial charge in [0.25, 0.3) is 5.72 Å². The van der Waals surface area contributed by atoms with Crippen molar-refractivity contribution in [2.24, 2.45) is 0 Å². The van der Waals surface area contributed by atoms with Gasteiger partial charge in [-0.25, -0.2) is 9.59 Å². The first-order valence-electron chi connectivity index (χ1n) is 3.89. The molecule has 1 aliphatic rings. The monoisotopic (exact) mass is 240 g/mol. The standard InChI is InChI=1S/C7H7F3N2O4/c1-16-5(14)12-4(13)11-3-2-6(12,15)7(8,9)10/h2-3,15H,1H3,(H,11,13). The predicted molar refractivity (Wildman–Crippen MR) is 42.9 cm³/mol. The topological polar surface area (TPSA) is 78.9 Å². The highest BCUT2D eigenvalue weighted by Crippen LogP contribution is 2.36. The minimum absolute atomic E-state index is 0.228. The van der Waals surface area contributed by atoms with Crippen molar-refractivity contribution in [1.29, 1.82) is 0 Å². The van der Waals surface area contributed by atoms with Crippen LogP contribution in [0, 0.1) is 0 Å². The zero-order chi connectivity index (χ0) is 12.6. The summed E-state index contributed by atoms with van der Waals surface area (Å²) in [5.74, 6) is 0. The maximum Gasteiger partial charge on any atom is 0.441 e. The molecule has 9 heteroatoms. The second-order valence-corrected chi connectivity index (χ2v) is 2.81. The van der Waals surface area contributed by atoms with Crippen molar-refractivity contribution in [2.45, 2.75) is 11.9 Å². The van der Waals surface area contributed by atoms with E-state index in [1.54, 1.807) is 0 Å². The number of aliphatic hydroxyl groups is 1. The van der Waals surface area contributed by atoms with Crippen molar-refractivity contribution < 1.29 is 32.6 Å². The lowest BCUT2D eigenvalue weighted by Gasteiger charge is -2.37. The lowest BCUT2D eigenvalue weighted by molar-refractivity contribution is -0.276. The van der Waals surface area contributed by atoms with Gasteiger partial charge in [-0.2, -0.15) is 18.1 Å². The van der Waals surface area contributed by atoms with Crippen molar-refractivity contribution in [2.75, 3.05) is 7.11 Å². The van der Waals surface area contributed by atoms with E-state index in [2.05, 4.69) is 4.74 Å². The third-order valence-corrected chi connectivity index (χ3v) is 1.84. The molecule has 0 aromatic heterocycles. The number of halogens is 3. The van der Waals surface area contributed by atoms with Crippen molar-refractivity contribution in [1.82, 2.24) is 10.2 Å². The number of nitrogens with one attached hydrogen (secondary N) is 1. The molecule has 1 heterocycles. The quantitative estimate of drug-likeness (QED) is 0.647. The average molecular weight is 240 g/mol. The summed E-state index contributed by atoms with van der Waals surface area (Å²) in [6.45, 7) is 0. The summed E-state index contributed by atoms with van der Waals surface area (Å²) in [6.07, 6.45) is -6.03. The molecule has 0 bridgehead atoms. The van der Waals surface area contributed by atoms with Crippen LogP contribution in [0.3, 0.4) is 0 Å². The van der Waals surface area contributed by atoms with Gasteiger partial charge in [-0.15, -0.1) is 0 Å². The molecule has 2 N–H and O–H groups in total. The van der Waals surface area contributed by atoms with Crippen LogP contribution in [0.2, 0.25) is 0 Å². The highest BCUT2D eigenvalue weighted by Gasteiger charge is 2.62. The van der Waals surface area contributed by atoms with Crippen LogP contribution in [0.4, 0.5) is 22.8 Å². The van der Waals surface area contributed by atoms with E-state index in [0.29, 0.717) is 6.20 Å². The fourth-order valence-corrected chi connectivity index (χ4v) is 1.06. The SMILES string of the molecule is COC(=O)N1C(=O)NC=CC1(O)C(F)(F)F. The summed E-state index contributed by atoms with van der Waals surface area (Å²) in [5, 5.41) is 11.1. The minimum atomic E-state index is -5.23. The van der Waals surface area contributed by atoms with Crippen LogP contribution < -0.4 is 5.32 Å². The van der Waals surface area contributed by atoms with Crippen molar-refractivity contribution in [3.63, 3.8) is 0 Å². The largest absolute Gasteiger partial charge is 0.452 e. The van der Waals surface area contributed by atoms with Gasteiger partial charge in [0.15, 0.2) is 0 Å². The number of urea groups is 1. The first kappa shape index (κ1) is 12.3. The number of hydrogen-bond acceptors (Lipinski definition) is 4.